The molecule has 0 aliphatic heterocycles. The fourth-order valence-electron chi connectivity index (χ4n) is 2.97. The fraction of sp³-hybridized carbons (Fsp3) is 1.00. The minimum atomic E-state index is -0.324. The van der Waals surface area contributed by atoms with E-state index in [2.05, 4.69) is 13.8 Å². The molecule has 21 heavy (non-hydrogen) atoms. The quantitative estimate of drug-likeness (QED) is 0.240. The maximum Gasteiger partial charge on any atom is 0.167 e. The smallest absolute Gasteiger partial charge is 0.167 e. The Morgan fingerprint density at radius 2 is 0.857 bits per heavy atom. The Morgan fingerprint density at radius 3 is 1.19 bits per heavy atom. The van der Waals surface area contributed by atoms with Crippen LogP contribution in [-0.2, 0) is 9.47 Å². The van der Waals surface area contributed by atoms with Crippen molar-refractivity contribution in [2.75, 3.05) is 14.2 Å². The monoisotopic (exact) mass is 300 g/mol. The first-order chi connectivity index (χ1) is 10.2. The summed E-state index contributed by atoms with van der Waals surface area (Å²) in [7, 11) is 3.61. The second kappa shape index (κ2) is 14.8. The van der Waals surface area contributed by atoms with Gasteiger partial charge in [-0.1, -0.05) is 78.1 Å². The van der Waals surface area contributed by atoms with E-state index in [1.165, 1.54) is 77.0 Å². The lowest BCUT2D eigenvalue weighted by molar-refractivity contribution is -0.216. The largest absolute Gasteiger partial charge is 0.353 e. The van der Waals surface area contributed by atoms with E-state index in [1.54, 1.807) is 14.2 Å². The first-order valence-corrected chi connectivity index (χ1v) is 9.35. The van der Waals surface area contributed by atoms with Crippen molar-refractivity contribution < 1.29 is 9.47 Å². The van der Waals surface area contributed by atoms with Gasteiger partial charge in [-0.05, 0) is 12.8 Å². The second-order valence-corrected chi connectivity index (χ2v) is 6.35. The zero-order valence-electron chi connectivity index (χ0n) is 15.2. The van der Waals surface area contributed by atoms with Gasteiger partial charge in [0.1, 0.15) is 0 Å². The van der Waals surface area contributed by atoms with Gasteiger partial charge in [-0.15, -0.1) is 0 Å². The summed E-state index contributed by atoms with van der Waals surface area (Å²) < 4.78 is 11.4. The van der Waals surface area contributed by atoms with Gasteiger partial charge in [-0.3, -0.25) is 0 Å². The number of hydrogen-bond acceptors (Lipinski definition) is 2. The van der Waals surface area contributed by atoms with Crippen LogP contribution >= 0.6 is 0 Å². The molecule has 0 aromatic heterocycles. The standard InChI is InChI=1S/C19H40O2/c1-5-7-9-11-13-15-17-19(20-3,21-4)18-16-14-12-10-8-6-2/h5-18H2,1-4H3. The lowest BCUT2D eigenvalue weighted by Crippen LogP contribution is -2.33. The van der Waals surface area contributed by atoms with Gasteiger partial charge in [0.2, 0.25) is 0 Å². The predicted molar refractivity (Wildman–Crippen MR) is 92.7 cm³/mol. The summed E-state index contributed by atoms with van der Waals surface area (Å²) in [6.07, 6.45) is 18.0. The molecule has 0 bridgehead atoms. The van der Waals surface area contributed by atoms with Gasteiger partial charge in [0.15, 0.2) is 5.79 Å². The van der Waals surface area contributed by atoms with Crippen molar-refractivity contribution in [3.8, 4) is 0 Å². The zero-order chi connectivity index (χ0) is 15.8. The van der Waals surface area contributed by atoms with Crippen LogP contribution in [0.2, 0.25) is 0 Å². The van der Waals surface area contributed by atoms with Crippen molar-refractivity contribution in [2.24, 2.45) is 0 Å². The van der Waals surface area contributed by atoms with Crippen LogP contribution in [0.5, 0.6) is 0 Å². The van der Waals surface area contributed by atoms with Gasteiger partial charge in [-0.25, -0.2) is 0 Å². The van der Waals surface area contributed by atoms with Gasteiger partial charge in [0.05, 0.1) is 0 Å². The summed E-state index contributed by atoms with van der Waals surface area (Å²) in [6, 6.07) is 0. The molecule has 0 radical (unpaired) electrons. The number of methoxy groups -OCH3 is 2. The normalized spacial score (nSPS) is 12.0. The Morgan fingerprint density at radius 1 is 0.524 bits per heavy atom. The third-order valence-electron chi connectivity index (χ3n) is 4.57. The molecule has 0 saturated heterocycles. The molecule has 0 aliphatic carbocycles. The van der Waals surface area contributed by atoms with E-state index in [9.17, 15) is 0 Å². The van der Waals surface area contributed by atoms with Crippen LogP contribution in [0.25, 0.3) is 0 Å². The molecule has 2 heteroatoms. The van der Waals surface area contributed by atoms with Crippen molar-refractivity contribution in [3.63, 3.8) is 0 Å². The lowest BCUT2D eigenvalue weighted by atomic mass is 9.99. The summed E-state index contributed by atoms with van der Waals surface area (Å²) in [5.41, 5.74) is 0. The zero-order valence-corrected chi connectivity index (χ0v) is 15.2. The van der Waals surface area contributed by atoms with Crippen LogP contribution in [0.15, 0.2) is 0 Å². The summed E-state index contributed by atoms with van der Waals surface area (Å²) in [6.45, 7) is 4.53. The van der Waals surface area contributed by atoms with E-state index in [0.29, 0.717) is 0 Å². The Bertz CT molecular complexity index is 182. The minimum Gasteiger partial charge on any atom is -0.353 e. The average molecular weight is 301 g/mol. The second-order valence-electron chi connectivity index (χ2n) is 6.35. The van der Waals surface area contributed by atoms with E-state index in [0.717, 1.165) is 12.8 Å². The molecule has 128 valence electrons. The third kappa shape index (κ3) is 11.2. The summed E-state index contributed by atoms with van der Waals surface area (Å²) in [5, 5.41) is 0. The molecule has 0 amide bonds. The van der Waals surface area contributed by atoms with Gasteiger partial charge in [0.25, 0.3) is 0 Å². The molecule has 0 rings (SSSR count). The Hall–Kier alpha value is -0.0800. The SMILES string of the molecule is CCCCCCCCC(CCCCCCCC)(OC)OC. The van der Waals surface area contributed by atoms with Gasteiger partial charge < -0.3 is 9.47 Å². The van der Waals surface area contributed by atoms with Crippen molar-refractivity contribution in [2.45, 2.75) is 110 Å². The first kappa shape index (κ1) is 20.9. The topological polar surface area (TPSA) is 18.5 Å². The third-order valence-corrected chi connectivity index (χ3v) is 4.57. The van der Waals surface area contributed by atoms with Crippen LogP contribution < -0.4 is 0 Å². The van der Waals surface area contributed by atoms with E-state index < -0.39 is 0 Å². The molecule has 0 heterocycles. The molecular formula is C19H40O2. The van der Waals surface area contributed by atoms with E-state index in [1.807, 2.05) is 0 Å². The molecule has 0 saturated carbocycles. The lowest BCUT2D eigenvalue weighted by Gasteiger charge is -2.31. The van der Waals surface area contributed by atoms with Crippen LogP contribution in [0.3, 0.4) is 0 Å². The molecule has 0 fully saturated rings. The fourth-order valence-corrected chi connectivity index (χ4v) is 2.97. The Labute approximate surface area is 134 Å². The van der Waals surface area contributed by atoms with Crippen molar-refractivity contribution in [1.29, 1.82) is 0 Å². The molecule has 2 nitrogen and oxygen atoms in total. The highest BCUT2D eigenvalue weighted by Crippen LogP contribution is 2.27. The highest BCUT2D eigenvalue weighted by atomic mass is 16.7. The summed E-state index contributed by atoms with van der Waals surface area (Å²) >= 11 is 0. The van der Waals surface area contributed by atoms with Crippen molar-refractivity contribution in [1.82, 2.24) is 0 Å². The molecule has 0 unspecified atom stereocenters. The van der Waals surface area contributed by atoms with Gasteiger partial charge in [0, 0.05) is 27.1 Å². The Kier molecular flexibility index (Phi) is 14.8. The first-order valence-electron chi connectivity index (χ1n) is 9.35. The van der Waals surface area contributed by atoms with Crippen LogP contribution in [-0.4, -0.2) is 20.0 Å². The molecule has 0 atom stereocenters. The van der Waals surface area contributed by atoms with Gasteiger partial charge in [-0.2, -0.15) is 0 Å². The van der Waals surface area contributed by atoms with Crippen LogP contribution in [0.4, 0.5) is 0 Å². The number of ether oxygens (including phenoxy) is 2. The molecule has 0 aromatic rings. The number of rotatable bonds is 16. The Balaban J connectivity index is 3.78. The number of unbranched alkanes of at least 4 members (excludes halogenated alkanes) is 10. The van der Waals surface area contributed by atoms with Gasteiger partial charge >= 0.3 is 0 Å². The summed E-state index contributed by atoms with van der Waals surface area (Å²) in [5.74, 6) is -0.324. The minimum absolute atomic E-state index is 0.324. The maximum absolute atomic E-state index is 5.72. The molecule has 0 spiro atoms. The maximum atomic E-state index is 5.72. The van der Waals surface area contributed by atoms with E-state index >= 15 is 0 Å². The number of hydrogen-bond donors (Lipinski definition) is 0. The van der Waals surface area contributed by atoms with Crippen molar-refractivity contribution >= 4 is 0 Å². The molecule has 0 N–H and O–H groups in total. The average Bonchev–Trinajstić information content (AvgIpc) is 2.52. The van der Waals surface area contributed by atoms with Crippen molar-refractivity contribution in [3.05, 3.63) is 0 Å². The highest BCUT2D eigenvalue weighted by molar-refractivity contribution is 4.69. The van der Waals surface area contributed by atoms with Crippen LogP contribution in [0.1, 0.15) is 104 Å². The van der Waals surface area contributed by atoms with E-state index in [-0.39, 0.29) is 5.79 Å². The highest BCUT2D eigenvalue weighted by Gasteiger charge is 2.28. The van der Waals surface area contributed by atoms with Crippen LogP contribution in [0, 0.1) is 0 Å². The predicted octanol–water partition coefficient (Wildman–Crippen LogP) is 6.48. The summed E-state index contributed by atoms with van der Waals surface area (Å²) in [4.78, 5) is 0. The molecule has 0 aliphatic rings. The van der Waals surface area contributed by atoms with E-state index in [4.69, 9.17) is 9.47 Å². The molecule has 0 aromatic carbocycles. The molecular weight excluding hydrogens is 260 g/mol.